The number of anilines is 1. The van der Waals surface area contributed by atoms with Crippen molar-refractivity contribution in [3.05, 3.63) is 103 Å². The maximum atomic E-state index is 13.3. The summed E-state index contributed by atoms with van der Waals surface area (Å²) >= 11 is 0. The second-order valence-electron chi connectivity index (χ2n) is 8.95. The summed E-state index contributed by atoms with van der Waals surface area (Å²) in [5, 5.41) is 2.07. The molecule has 5 aromatic rings. The van der Waals surface area contributed by atoms with Crippen molar-refractivity contribution < 1.29 is 13.9 Å². The maximum Gasteiger partial charge on any atom is 0.337 e. The van der Waals surface area contributed by atoms with Crippen LogP contribution in [0.4, 0.5) is 10.1 Å². The molecule has 38 heavy (non-hydrogen) atoms. The van der Waals surface area contributed by atoms with E-state index in [1.807, 2.05) is 48.5 Å². The topological polar surface area (TPSA) is 55.3 Å². The van der Waals surface area contributed by atoms with E-state index in [9.17, 15) is 9.18 Å². The van der Waals surface area contributed by atoms with Crippen LogP contribution in [0.25, 0.3) is 33.1 Å². The van der Waals surface area contributed by atoms with Gasteiger partial charge in [-0.05, 0) is 73.5 Å². The Hall–Kier alpha value is -4.32. The monoisotopic (exact) mass is 509 g/mol. The third-order valence-corrected chi connectivity index (χ3v) is 6.17. The van der Waals surface area contributed by atoms with Gasteiger partial charge in [0.05, 0.1) is 35.1 Å². The smallest absolute Gasteiger partial charge is 0.337 e. The summed E-state index contributed by atoms with van der Waals surface area (Å²) in [4.78, 5) is 22.7. The molecule has 0 saturated heterocycles. The molecule has 0 fully saturated rings. The minimum absolute atomic E-state index is 0.222. The molecule has 0 radical (unpaired) electrons. The number of carbonyl (C=O) groups is 1. The highest BCUT2D eigenvalue weighted by molar-refractivity contribution is 5.94. The molecule has 0 atom stereocenters. The van der Waals surface area contributed by atoms with E-state index in [1.165, 1.54) is 19.2 Å². The second-order valence-corrected chi connectivity index (χ2v) is 8.95. The molecule has 2 aromatic heterocycles. The highest BCUT2D eigenvalue weighted by Crippen LogP contribution is 2.33. The van der Waals surface area contributed by atoms with Crippen molar-refractivity contribution in [1.82, 2.24) is 9.97 Å². The van der Waals surface area contributed by atoms with E-state index in [0.29, 0.717) is 5.56 Å². The third kappa shape index (κ3) is 6.32. The Balaban J connectivity index is 0.000000204. The summed E-state index contributed by atoms with van der Waals surface area (Å²) in [5.74, 6) is -0.546. The van der Waals surface area contributed by atoms with Gasteiger partial charge >= 0.3 is 5.97 Å². The van der Waals surface area contributed by atoms with Crippen molar-refractivity contribution in [2.75, 3.05) is 25.1 Å². The molecule has 0 aliphatic carbocycles. The fourth-order valence-electron chi connectivity index (χ4n) is 4.38. The molecule has 0 aliphatic rings. The van der Waals surface area contributed by atoms with Gasteiger partial charge in [-0.15, -0.1) is 0 Å². The van der Waals surface area contributed by atoms with Crippen LogP contribution in [0, 0.1) is 5.82 Å². The molecule has 2 heterocycles. The fraction of sp³-hybridized carbons (Fsp3) is 0.219. The highest BCUT2D eigenvalue weighted by Gasteiger charge is 2.15. The van der Waals surface area contributed by atoms with Gasteiger partial charge in [-0.25, -0.2) is 14.2 Å². The molecule has 0 N–H and O–H groups in total. The molecule has 0 unspecified atom stereocenters. The molecule has 6 heteroatoms. The number of hydrogen-bond donors (Lipinski definition) is 0. The van der Waals surface area contributed by atoms with Crippen molar-refractivity contribution in [3.8, 4) is 11.3 Å². The number of fused-ring (bicyclic) bond motifs is 2. The molecule has 0 amide bonds. The summed E-state index contributed by atoms with van der Waals surface area (Å²) in [6.07, 6.45) is 3.88. The zero-order valence-electron chi connectivity index (χ0n) is 22.0. The fourth-order valence-corrected chi connectivity index (χ4v) is 4.38. The second kappa shape index (κ2) is 12.8. The quantitative estimate of drug-likeness (QED) is 0.211. The molecule has 0 saturated carbocycles. The summed E-state index contributed by atoms with van der Waals surface area (Å²) in [6.45, 7) is 6.35. The number of ether oxygens (including phenoxy) is 1. The maximum absolute atomic E-state index is 13.3. The molecule has 0 aliphatic heterocycles. The van der Waals surface area contributed by atoms with Gasteiger partial charge in [0, 0.05) is 35.6 Å². The Morgan fingerprint density at radius 1 is 0.842 bits per heavy atom. The van der Waals surface area contributed by atoms with E-state index >= 15 is 0 Å². The van der Waals surface area contributed by atoms with Gasteiger partial charge in [-0.2, -0.15) is 0 Å². The van der Waals surface area contributed by atoms with Gasteiger partial charge in [0.1, 0.15) is 5.82 Å². The SMILES string of the molecule is CCCN(CCC)c1cc2ccccc2nc1-c1ccc(F)cc1.COC(=O)c1ccc2ncccc2c1. The normalized spacial score (nSPS) is 10.6. The highest BCUT2D eigenvalue weighted by atomic mass is 19.1. The third-order valence-electron chi connectivity index (χ3n) is 6.17. The number of nitrogens with zero attached hydrogens (tertiary/aromatic N) is 3. The van der Waals surface area contributed by atoms with Crippen molar-refractivity contribution in [1.29, 1.82) is 0 Å². The molecule has 0 bridgehead atoms. The Labute approximate surface area is 222 Å². The average molecular weight is 510 g/mol. The van der Waals surface area contributed by atoms with Crippen LogP contribution in [0.2, 0.25) is 0 Å². The van der Waals surface area contributed by atoms with E-state index in [0.717, 1.165) is 64.7 Å². The van der Waals surface area contributed by atoms with Crippen LogP contribution in [0.3, 0.4) is 0 Å². The standard InChI is InChI=1S/C21H23FN2.C11H9NO2/c1-3-13-24(14-4-2)20-15-17-7-5-6-8-19(17)23-21(20)16-9-11-18(22)12-10-16;1-14-11(13)9-4-5-10-8(7-9)3-2-6-12-10/h5-12,15H,3-4,13-14H2,1-2H3;2-7H,1H3. The van der Waals surface area contributed by atoms with Crippen molar-refractivity contribution >= 4 is 33.5 Å². The molecular weight excluding hydrogens is 477 g/mol. The molecule has 5 nitrogen and oxygen atoms in total. The van der Waals surface area contributed by atoms with Crippen LogP contribution < -0.4 is 4.90 Å². The van der Waals surface area contributed by atoms with E-state index in [-0.39, 0.29) is 11.8 Å². The predicted molar refractivity (Wildman–Crippen MR) is 153 cm³/mol. The molecule has 3 aromatic carbocycles. The first-order chi connectivity index (χ1) is 18.5. The molecular formula is C32H32FN3O2. The lowest BCUT2D eigenvalue weighted by atomic mass is 10.1. The zero-order chi connectivity index (χ0) is 26.9. The first-order valence-corrected chi connectivity index (χ1v) is 12.9. The Kier molecular flexibility index (Phi) is 8.98. The summed E-state index contributed by atoms with van der Waals surface area (Å²) in [7, 11) is 1.37. The number of rotatable bonds is 7. The molecule has 0 spiro atoms. The van der Waals surface area contributed by atoms with Gasteiger partial charge in [-0.3, -0.25) is 4.98 Å². The minimum atomic E-state index is -0.323. The van der Waals surface area contributed by atoms with Gasteiger partial charge in [0.15, 0.2) is 0 Å². The van der Waals surface area contributed by atoms with Crippen LogP contribution in [0.1, 0.15) is 37.0 Å². The van der Waals surface area contributed by atoms with E-state index < -0.39 is 0 Å². The van der Waals surface area contributed by atoms with Gasteiger partial charge < -0.3 is 9.64 Å². The van der Waals surface area contributed by atoms with Crippen LogP contribution in [-0.4, -0.2) is 36.1 Å². The predicted octanol–water partition coefficient (Wildman–Crippen LogP) is 7.69. The van der Waals surface area contributed by atoms with E-state index in [2.05, 4.69) is 40.6 Å². The number of aromatic nitrogens is 2. The van der Waals surface area contributed by atoms with Gasteiger partial charge in [-0.1, -0.05) is 38.1 Å². The summed E-state index contributed by atoms with van der Waals surface area (Å²) in [6, 6.07) is 26.0. The first kappa shape index (κ1) is 26.7. The van der Waals surface area contributed by atoms with Crippen molar-refractivity contribution in [3.63, 3.8) is 0 Å². The van der Waals surface area contributed by atoms with E-state index in [4.69, 9.17) is 4.98 Å². The Bertz CT molecular complexity index is 1510. The Morgan fingerprint density at radius 3 is 2.24 bits per heavy atom. The lowest BCUT2D eigenvalue weighted by Crippen LogP contribution is -2.25. The minimum Gasteiger partial charge on any atom is -0.465 e. The van der Waals surface area contributed by atoms with Crippen LogP contribution in [-0.2, 0) is 4.74 Å². The number of pyridine rings is 2. The molecule has 194 valence electrons. The number of methoxy groups -OCH3 is 1. The molecule has 5 rings (SSSR count). The van der Waals surface area contributed by atoms with Crippen molar-refractivity contribution in [2.24, 2.45) is 0 Å². The summed E-state index contributed by atoms with van der Waals surface area (Å²) < 4.78 is 18.0. The number of benzene rings is 3. The average Bonchev–Trinajstić information content (AvgIpc) is 2.96. The Morgan fingerprint density at radius 2 is 1.53 bits per heavy atom. The van der Waals surface area contributed by atoms with Gasteiger partial charge in [0.25, 0.3) is 0 Å². The lowest BCUT2D eigenvalue weighted by molar-refractivity contribution is 0.0601. The largest absolute Gasteiger partial charge is 0.465 e. The van der Waals surface area contributed by atoms with Crippen LogP contribution >= 0.6 is 0 Å². The number of carbonyl (C=O) groups excluding carboxylic acids is 1. The van der Waals surface area contributed by atoms with Crippen molar-refractivity contribution in [2.45, 2.75) is 26.7 Å². The number of para-hydroxylation sites is 1. The van der Waals surface area contributed by atoms with E-state index in [1.54, 1.807) is 18.3 Å². The number of esters is 1. The zero-order valence-corrected chi connectivity index (χ0v) is 22.0. The van der Waals surface area contributed by atoms with Crippen LogP contribution in [0.15, 0.2) is 91.1 Å². The number of halogens is 1. The van der Waals surface area contributed by atoms with Crippen LogP contribution in [0.5, 0.6) is 0 Å². The van der Waals surface area contributed by atoms with Gasteiger partial charge in [0.2, 0.25) is 0 Å². The first-order valence-electron chi connectivity index (χ1n) is 12.9. The summed E-state index contributed by atoms with van der Waals surface area (Å²) in [5.41, 5.74) is 5.40. The lowest BCUT2D eigenvalue weighted by Gasteiger charge is -2.26. The number of hydrogen-bond acceptors (Lipinski definition) is 5.